The Balaban J connectivity index is 2.18. The fourth-order valence-electron chi connectivity index (χ4n) is 2.03. The van der Waals surface area contributed by atoms with E-state index in [0.717, 1.165) is 6.07 Å². The van der Waals surface area contributed by atoms with E-state index in [1.54, 1.807) is 12.1 Å². The normalized spacial score (nSPS) is 10.9. The molecule has 0 spiro atoms. The van der Waals surface area contributed by atoms with Crippen molar-refractivity contribution in [3.05, 3.63) is 68.3 Å². The molecule has 26 heavy (non-hydrogen) atoms. The molecule has 2 aromatic rings. The number of para-hydroxylation sites is 1. The van der Waals surface area contributed by atoms with Gasteiger partial charge in [-0.1, -0.05) is 26.0 Å². The van der Waals surface area contributed by atoms with Gasteiger partial charge in [0.2, 0.25) is 0 Å². The van der Waals surface area contributed by atoms with Gasteiger partial charge in [-0.25, -0.2) is 0 Å². The van der Waals surface area contributed by atoms with Gasteiger partial charge in [-0.2, -0.15) is 5.10 Å². The molecular weight excluding hydrogens is 340 g/mol. The number of ether oxygens (including phenoxy) is 1. The van der Waals surface area contributed by atoms with Gasteiger partial charge in [0.15, 0.2) is 0 Å². The lowest BCUT2D eigenvalue weighted by molar-refractivity contribution is -0.393. The van der Waals surface area contributed by atoms with E-state index in [1.807, 2.05) is 26.0 Å². The van der Waals surface area contributed by atoms with Crippen LogP contribution in [0.4, 0.5) is 17.1 Å². The summed E-state index contributed by atoms with van der Waals surface area (Å²) >= 11 is 0. The van der Waals surface area contributed by atoms with E-state index in [-0.39, 0.29) is 11.4 Å². The van der Waals surface area contributed by atoms with Crippen LogP contribution >= 0.6 is 0 Å². The van der Waals surface area contributed by atoms with Crippen LogP contribution in [0.25, 0.3) is 0 Å². The molecule has 2 rings (SSSR count). The number of non-ortho nitro benzene ring substituents is 1. The predicted octanol–water partition coefficient (Wildman–Crippen LogP) is 3.98. The van der Waals surface area contributed by atoms with Crippen LogP contribution in [0.2, 0.25) is 0 Å². The van der Waals surface area contributed by atoms with Crippen LogP contribution in [0.5, 0.6) is 5.75 Å². The lowest BCUT2D eigenvalue weighted by Crippen LogP contribution is -2.06. The van der Waals surface area contributed by atoms with Crippen LogP contribution in [0, 0.1) is 26.1 Å². The second-order valence-corrected chi connectivity index (χ2v) is 5.83. The molecule has 2 aromatic carbocycles. The Bertz CT molecular complexity index is 836. The molecule has 0 aromatic heterocycles. The molecule has 0 aliphatic rings. The van der Waals surface area contributed by atoms with Crippen molar-refractivity contribution in [2.75, 3.05) is 12.0 Å². The second kappa shape index (κ2) is 8.56. The molecule has 0 aliphatic carbocycles. The molecule has 0 saturated carbocycles. The number of nitro benzene ring substituents is 2. The fraction of sp³-hybridized carbons (Fsp3) is 0.235. The van der Waals surface area contributed by atoms with Crippen LogP contribution in [0.1, 0.15) is 19.4 Å². The molecular formula is C17H18N4O5. The van der Waals surface area contributed by atoms with E-state index in [2.05, 4.69) is 10.5 Å². The summed E-state index contributed by atoms with van der Waals surface area (Å²) in [5, 5.41) is 25.8. The molecule has 0 heterocycles. The highest BCUT2D eigenvalue weighted by Gasteiger charge is 2.19. The number of hydrazone groups is 1. The zero-order valence-corrected chi connectivity index (χ0v) is 14.3. The lowest BCUT2D eigenvalue weighted by Gasteiger charge is -2.10. The number of anilines is 1. The Morgan fingerprint density at radius 1 is 1.15 bits per heavy atom. The lowest BCUT2D eigenvalue weighted by atomic mass is 10.2. The van der Waals surface area contributed by atoms with Crippen molar-refractivity contribution >= 4 is 23.3 Å². The van der Waals surface area contributed by atoms with Gasteiger partial charge in [0.1, 0.15) is 11.4 Å². The number of nitro groups is 2. The first-order valence-corrected chi connectivity index (χ1v) is 7.82. The topological polar surface area (TPSA) is 120 Å². The molecule has 9 heteroatoms. The van der Waals surface area contributed by atoms with Crippen LogP contribution in [-0.4, -0.2) is 22.7 Å². The summed E-state index contributed by atoms with van der Waals surface area (Å²) in [7, 11) is 0. The highest BCUT2D eigenvalue weighted by Crippen LogP contribution is 2.29. The highest BCUT2D eigenvalue weighted by molar-refractivity contribution is 5.84. The van der Waals surface area contributed by atoms with Crippen molar-refractivity contribution in [2.45, 2.75) is 13.8 Å². The van der Waals surface area contributed by atoms with Crippen molar-refractivity contribution in [1.29, 1.82) is 0 Å². The number of hydrogen-bond donors (Lipinski definition) is 1. The molecule has 1 N–H and O–H groups in total. The summed E-state index contributed by atoms with van der Waals surface area (Å²) in [6.45, 7) is 4.62. The molecule has 0 radical (unpaired) electrons. The maximum Gasteiger partial charge on any atom is 0.301 e. The molecule has 136 valence electrons. The molecule has 0 atom stereocenters. The largest absolute Gasteiger partial charge is 0.493 e. The third kappa shape index (κ3) is 5.00. The Kier molecular flexibility index (Phi) is 6.20. The second-order valence-electron chi connectivity index (χ2n) is 5.83. The number of nitrogens with zero attached hydrogens (tertiary/aromatic N) is 3. The van der Waals surface area contributed by atoms with E-state index < -0.39 is 15.5 Å². The molecule has 0 unspecified atom stereocenters. The Hall–Kier alpha value is -3.49. The van der Waals surface area contributed by atoms with Gasteiger partial charge in [-0.3, -0.25) is 25.7 Å². The first-order chi connectivity index (χ1) is 12.4. The Morgan fingerprint density at radius 3 is 2.54 bits per heavy atom. The number of nitrogens with one attached hydrogen (secondary N) is 1. The summed E-state index contributed by atoms with van der Waals surface area (Å²) in [6, 6.07) is 10.6. The van der Waals surface area contributed by atoms with E-state index in [9.17, 15) is 20.2 Å². The van der Waals surface area contributed by atoms with E-state index in [4.69, 9.17) is 4.74 Å². The monoisotopic (exact) mass is 358 g/mol. The van der Waals surface area contributed by atoms with Gasteiger partial charge in [0.05, 0.1) is 28.7 Å². The average Bonchev–Trinajstić information content (AvgIpc) is 2.60. The summed E-state index contributed by atoms with van der Waals surface area (Å²) in [4.78, 5) is 20.5. The van der Waals surface area contributed by atoms with Gasteiger partial charge in [0.25, 0.3) is 5.69 Å². The number of benzene rings is 2. The molecule has 0 aliphatic heterocycles. The van der Waals surface area contributed by atoms with Gasteiger partial charge in [0, 0.05) is 11.6 Å². The third-order valence-electron chi connectivity index (χ3n) is 3.27. The van der Waals surface area contributed by atoms with Crippen LogP contribution in [0.3, 0.4) is 0 Å². The van der Waals surface area contributed by atoms with Crippen molar-refractivity contribution in [3.8, 4) is 5.75 Å². The van der Waals surface area contributed by atoms with Gasteiger partial charge >= 0.3 is 5.69 Å². The zero-order valence-electron chi connectivity index (χ0n) is 14.3. The van der Waals surface area contributed by atoms with E-state index in [1.165, 1.54) is 18.3 Å². The standard InChI is InChI=1S/C17H18N4O5/c1-12(2)11-26-17-6-4-3-5-13(17)10-18-19-15-8-7-14(20(22)23)9-16(15)21(24)25/h3-10,12,19H,11H2,1-2H3/b18-10-. The van der Waals surface area contributed by atoms with Gasteiger partial charge in [-0.05, 0) is 24.1 Å². The molecule has 0 saturated heterocycles. The molecule has 9 nitrogen and oxygen atoms in total. The average molecular weight is 358 g/mol. The van der Waals surface area contributed by atoms with E-state index >= 15 is 0 Å². The van der Waals surface area contributed by atoms with Gasteiger partial charge in [-0.15, -0.1) is 0 Å². The minimum absolute atomic E-state index is 0.0532. The van der Waals surface area contributed by atoms with Crippen LogP contribution in [0.15, 0.2) is 47.6 Å². The van der Waals surface area contributed by atoms with Crippen molar-refractivity contribution in [2.24, 2.45) is 11.0 Å². The smallest absolute Gasteiger partial charge is 0.301 e. The quantitative estimate of drug-likeness (QED) is 0.433. The minimum Gasteiger partial charge on any atom is -0.493 e. The van der Waals surface area contributed by atoms with Gasteiger partial charge < -0.3 is 4.74 Å². The van der Waals surface area contributed by atoms with E-state index in [0.29, 0.717) is 23.8 Å². The SMILES string of the molecule is CC(C)COc1ccccc1/C=N\Nc1ccc([N+](=O)[O-])cc1[N+](=O)[O-]. The predicted molar refractivity (Wildman–Crippen MR) is 97.7 cm³/mol. The first kappa shape index (κ1) is 18.8. The summed E-state index contributed by atoms with van der Waals surface area (Å²) < 4.78 is 5.70. The summed E-state index contributed by atoms with van der Waals surface area (Å²) in [6.07, 6.45) is 1.47. The number of rotatable bonds is 8. The fourth-order valence-corrected chi connectivity index (χ4v) is 2.03. The third-order valence-corrected chi connectivity index (χ3v) is 3.27. The van der Waals surface area contributed by atoms with Crippen molar-refractivity contribution < 1.29 is 14.6 Å². The maximum atomic E-state index is 11.1. The number of hydrogen-bond acceptors (Lipinski definition) is 7. The molecule has 0 bridgehead atoms. The summed E-state index contributed by atoms with van der Waals surface area (Å²) in [5.41, 5.74) is 2.51. The zero-order chi connectivity index (χ0) is 19.1. The Morgan fingerprint density at radius 2 is 1.88 bits per heavy atom. The highest BCUT2D eigenvalue weighted by atomic mass is 16.6. The molecule has 0 fully saturated rings. The van der Waals surface area contributed by atoms with Crippen molar-refractivity contribution in [3.63, 3.8) is 0 Å². The minimum atomic E-state index is -0.704. The maximum absolute atomic E-state index is 11.1. The molecule has 0 amide bonds. The van der Waals surface area contributed by atoms with Crippen LogP contribution in [-0.2, 0) is 0 Å². The summed E-state index contributed by atoms with van der Waals surface area (Å²) in [5.74, 6) is 1.01. The first-order valence-electron chi connectivity index (χ1n) is 7.82. The Labute approximate surface area is 149 Å². The van der Waals surface area contributed by atoms with Crippen LogP contribution < -0.4 is 10.2 Å². The van der Waals surface area contributed by atoms with Crippen molar-refractivity contribution in [1.82, 2.24) is 0 Å².